The van der Waals surface area contributed by atoms with Crippen LogP contribution >= 0.6 is 23.4 Å². The maximum absolute atomic E-state index is 12.6. The molecular weight excluding hydrogens is 316 g/mol. The highest BCUT2D eigenvalue weighted by molar-refractivity contribution is 7.98. The molecule has 0 radical (unpaired) electrons. The van der Waals surface area contributed by atoms with Crippen molar-refractivity contribution >= 4 is 35.0 Å². The molecule has 0 unspecified atom stereocenters. The van der Waals surface area contributed by atoms with Crippen molar-refractivity contribution in [3.63, 3.8) is 0 Å². The highest BCUT2D eigenvalue weighted by Crippen LogP contribution is 2.30. The van der Waals surface area contributed by atoms with Crippen LogP contribution in [0.15, 0.2) is 35.5 Å². The summed E-state index contributed by atoms with van der Waals surface area (Å²) < 4.78 is 0. The largest absolute Gasteiger partial charge is 0.321 e. The zero-order valence-corrected chi connectivity index (χ0v) is 14.5. The Hall–Kier alpha value is -1.52. The van der Waals surface area contributed by atoms with E-state index < -0.39 is 0 Å². The van der Waals surface area contributed by atoms with Crippen LogP contribution < -0.4 is 5.32 Å². The molecule has 22 heavy (non-hydrogen) atoms. The molecule has 0 aliphatic rings. The van der Waals surface area contributed by atoms with Crippen LogP contribution in [0.5, 0.6) is 0 Å². The first-order valence-corrected chi connectivity index (χ1v) is 8.83. The lowest BCUT2D eigenvalue weighted by molar-refractivity contribution is 0.102. The normalized spacial score (nSPS) is 10.5. The van der Waals surface area contributed by atoms with Crippen molar-refractivity contribution in [1.29, 1.82) is 0 Å². The molecular formula is C17H19ClN2OS. The molecule has 3 nitrogen and oxygen atoms in total. The number of nitrogens with one attached hydrogen (secondary N) is 1. The number of carbonyl (C=O) groups excluding carboxylic acids is 1. The smallest absolute Gasteiger partial charge is 0.258 e. The fourth-order valence-corrected chi connectivity index (χ4v) is 3.21. The van der Waals surface area contributed by atoms with Crippen molar-refractivity contribution < 1.29 is 4.79 Å². The van der Waals surface area contributed by atoms with Gasteiger partial charge in [0.2, 0.25) is 0 Å². The number of benzene rings is 1. The van der Waals surface area contributed by atoms with E-state index in [1.165, 1.54) is 11.8 Å². The molecule has 1 heterocycles. The minimum Gasteiger partial charge on any atom is -0.321 e. The Labute approximate surface area is 140 Å². The first-order valence-electron chi connectivity index (χ1n) is 7.22. The number of rotatable bonds is 5. The standard InChI is InChI=1S/C17H19ClN2OS/c1-4-11-8-9-14(18)12(5-2)15(11)20-16(21)13-7-6-10-19-17(13)22-3/h6-10H,4-5H2,1-3H3,(H,20,21). The Morgan fingerprint density at radius 3 is 2.68 bits per heavy atom. The molecule has 1 aromatic heterocycles. The van der Waals surface area contributed by atoms with E-state index in [-0.39, 0.29) is 5.91 Å². The summed E-state index contributed by atoms with van der Waals surface area (Å²) in [6, 6.07) is 7.42. The van der Waals surface area contributed by atoms with Crippen LogP contribution in [0.2, 0.25) is 5.02 Å². The molecule has 0 aliphatic heterocycles. The molecule has 116 valence electrons. The van der Waals surface area contributed by atoms with E-state index in [2.05, 4.69) is 17.2 Å². The van der Waals surface area contributed by atoms with Gasteiger partial charge in [0.15, 0.2) is 0 Å². The van der Waals surface area contributed by atoms with E-state index >= 15 is 0 Å². The minimum absolute atomic E-state index is 0.149. The quantitative estimate of drug-likeness (QED) is 0.796. The van der Waals surface area contributed by atoms with Crippen molar-refractivity contribution in [2.45, 2.75) is 31.7 Å². The van der Waals surface area contributed by atoms with Crippen LogP contribution in [0.1, 0.15) is 35.3 Å². The maximum atomic E-state index is 12.6. The lowest BCUT2D eigenvalue weighted by Crippen LogP contribution is -2.16. The predicted molar refractivity (Wildman–Crippen MR) is 94.2 cm³/mol. The SMILES string of the molecule is CCc1ccc(Cl)c(CC)c1NC(=O)c1cccnc1SC. The van der Waals surface area contributed by atoms with E-state index in [0.29, 0.717) is 10.6 Å². The highest BCUT2D eigenvalue weighted by atomic mass is 35.5. The molecule has 2 rings (SSSR count). The van der Waals surface area contributed by atoms with Gasteiger partial charge in [-0.2, -0.15) is 0 Å². The van der Waals surface area contributed by atoms with Gasteiger partial charge in [-0.25, -0.2) is 4.98 Å². The number of nitrogens with zero attached hydrogens (tertiary/aromatic N) is 1. The van der Waals surface area contributed by atoms with Crippen LogP contribution in [0.25, 0.3) is 0 Å². The number of hydrogen-bond acceptors (Lipinski definition) is 3. The Balaban J connectivity index is 2.42. The van der Waals surface area contributed by atoms with E-state index in [1.54, 1.807) is 18.3 Å². The zero-order valence-electron chi connectivity index (χ0n) is 12.9. The molecule has 1 N–H and O–H groups in total. The lowest BCUT2D eigenvalue weighted by Gasteiger charge is -2.16. The molecule has 5 heteroatoms. The Morgan fingerprint density at radius 1 is 1.27 bits per heavy atom. The van der Waals surface area contributed by atoms with Gasteiger partial charge in [0, 0.05) is 16.9 Å². The van der Waals surface area contributed by atoms with Crippen molar-refractivity contribution in [2.75, 3.05) is 11.6 Å². The third kappa shape index (κ3) is 3.45. The number of pyridine rings is 1. The Morgan fingerprint density at radius 2 is 2.05 bits per heavy atom. The molecule has 0 fully saturated rings. The molecule has 1 aromatic carbocycles. The predicted octanol–water partition coefficient (Wildman–Crippen LogP) is 4.83. The zero-order chi connectivity index (χ0) is 16.1. The van der Waals surface area contributed by atoms with Crippen molar-refractivity contribution in [2.24, 2.45) is 0 Å². The monoisotopic (exact) mass is 334 g/mol. The second-order valence-corrected chi connectivity index (χ2v) is 5.98. The topological polar surface area (TPSA) is 42.0 Å². The summed E-state index contributed by atoms with van der Waals surface area (Å²) >= 11 is 7.74. The first-order chi connectivity index (χ1) is 10.6. The van der Waals surface area contributed by atoms with Crippen LogP contribution in [-0.4, -0.2) is 17.1 Å². The molecule has 2 aromatic rings. The fourth-order valence-electron chi connectivity index (χ4n) is 2.37. The fraction of sp³-hybridized carbons (Fsp3) is 0.294. The average Bonchev–Trinajstić information content (AvgIpc) is 2.55. The van der Waals surface area contributed by atoms with Gasteiger partial charge >= 0.3 is 0 Å². The van der Waals surface area contributed by atoms with Crippen LogP contribution in [0.3, 0.4) is 0 Å². The number of anilines is 1. The number of aromatic nitrogens is 1. The van der Waals surface area contributed by atoms with E-state index in [1.807, 2.05) is 25.3 Å². The van der Waals surface area contributed by atoms with E-state index in [0.717, 1.165) is 34.7 Å². The first kappa shape index (κ1) is 16.8. The second-order valence-electron chi connectivity index (χ2n) is 4.78. The van der Waals surface area contributed by atoms with E-state index in [4.69, 9.17) is 11.6 Å². The number of halogens is 1. The number of aryl methyl sites for hydroxylation is 1. The van der Waals surface area contributed by atoms with Gasteiger partial charge in [-0.1, -0.05) is 31.5 Å². The van der Waals surface area contributed by atoms with Gasteiger partial charge < -0.3 is 5.32 Å². The molecule has 0 saturated heterocycles. The number of carbonyl (C=O) groups is 1. The van der Waals surface area contributed by atoms with Gasteiger partial charge in [0.25, 0.3) is 5.91 Å². The van der Waals surface area contributed by atoms with Crippen LogP contribution in [0, 0.1) is 0 Å². The third-order valence-corrected chi connectivity index (χ3v) is 4.59. The van der Waals surface area contributed by atoms with E-state index in [9.17, 15) is 4.79 Å². The summed E-state index contributed by atoms with van der Waals surface area (Å²) in [5.41, 5.74) is 3.48. The molecule has 0 atom stereocenters. The number of hydrogen-bond donors (Lipinski definition) is 1. The average molecular weight is 335 g/mol. The minimum atomic E-state index is -0.149. The van der Waals surface area contributed by atoms with Gasteiger partial charge in [0.1, 0.15) is 5.03 Å². The van der Waals surface area contributed by atoms with Gasteiger partial charge in [0.05, 0.1) is 5.56 Å². The summed E-state index contributed by atoms with van der Waals surface area (Å²) in [5.74, 6) is -0.149. The van der Waals surface area contributed by atoms with Gasteiger partial charge in [-0.15, -0.1) is 11.8 Å². The summed E-state index contributed by atoms with van der Waals surface area (Å²) in [7, 11) is 0. The van der Waals surface area contributed by atoms with Crippen molar-refractivity contribution in [3.05, 3.63) is 52.2 Å². The lowest BCUT2D eigenvalue weighted by atomic mass is 10.0. The Kier molecular flexibility index (Phi) is 5.86. The molecule has 0 saturated carbocycles. The summed E-state index contributed by atoms with van der Waals surface area (Å²) in [4.78, 5) is 16.9. The Bertz CT molecular complexity index is 688. The number of thioether (sulfide) groups is 1. The molecule has 0 aliphatic carbocycles. The summed E-state index contributed by atoms with van der Waals surface area (Å²) in [6.45, 7) is 4.10. The highest BCUT2D eigenvalue weighted by Gasteiger charge is 2.16. The third-order valence-electron chi connectivity index (χ3n) is 3.52. The van der Waals surface area contributed by atoms with Crippen LogP contribution in [0.4, 0.5) is 5.69 Å². The molecule has 0 spiro atoms. The van der Waals surface area contributed by atoms with Crippen LogP contribution in [-0.2, 0) is 12.8 Å². The second kappa shape index (κ2) is 7.65. The summed E-state index contributed by atoms with van der Waals surface area (Å²) in [5, 5.41) is 4.44. The molecule has 1 amide bonds. The van der Waals surface area contributed by atoms with Crippen molar-refractivity contribution in [3.8, 4) is 0 Å². The van der Waals surface area contributed by atoms with Gasteiger partial charge in [-0.05, 0) is 48.4 Å². The number of amides is 1. The van der Waals surface area contributed by atoms with Gasteiger partial charge in [-0.3, -0.25) is 4.79 Å². The maximum Gasteiger partial charge on any atom is 0.258 e. The summed E-state index contributed by atoms with van der Waals surface area (Å²) in [6.07, 6.45) is 5.21. The molecule has 0 bridgehead atoms. The van der Waals surface area contributed by atoms with Crippen molar-refractivity contribution in [1.82, 2.24) is 4.98 Å².